The number of rotatable bonds is 2. The van der Waals surface area contributed by atoms with Crippen molar-refractivity contribution in [3.63, 3.8) is 0 Å². The van der Waals surface area contributed by atoms with Gasteiger partial charge in [-0.05, 0) is 32.0 Å². The summed E-state index contributed by atoms with van der Waals surface area (Å²) in [6.45, 7) is 4.09. The summed E-state index contributed by atoms with van der Waals surface area (Å²) in [6, 6.07) is 1.94. The van der Waals surface area contributed by atoms with Crippen LogP contribution >= 0.6 is 11.3 Å². The minimum atomic E-state index is -0.616. The van der Waals surface area contributed by atoms with Crippen LogP contribution in [-0.4, -0.2) is 31.3 Å². The first-order valence-corrected chi connectivity index (χ1v) is 6.15. The fraction of sp³-hybridized carbons (Fsp3) is 0.545. The zero-order valence-corrected chi connectivity index (χ0v) is 10.3. The van der Waals surface area contributed by atoms with Crippen molar-refractivity contribution >= 4 is 17.5 Å². The second-order valence-electron chi connectivity index (χ2n) is 3.79. The van der Waals surface area contributed by atoms with E-state index < -0.39 is 6.16 Å². The number of carbonyl (C=O) groups is 1. The molecule has 0 aromatic carbocycles. The molecule has 0 radical (unpaired) electrons. The molecule has 0 saturated carbocycles. The maximum atomic E-state index is 11.1. The summed E-state index contributed by atoms with van der Waals surface area (Å²) < 4.78 is 9.82. The second kappa shape index (κ2) is 4.84. The Morgan fingerprint density at radius 1 is 1.62 bits per heavy atom. The van der Waals surface area contributed by atoms with Gasteiger partial charge in [-0.25, -0.2) is 4.79 Å². The average molecular weight is 241 g/mol. The van der Waals surface area contributed by atoms with E-state index in [-0.39, 0.29) is 0 Å². The number of carbonyl (C=O) groups excluding carboxylic acids is 1. The predicted molar refractivity (Wildman–Crippen MR) is 62.0 cm³/mol. The highest BCUT2D eigenvalue weighted by molar-refractivity contribution is 7.14. The molecular formula is C11H15NO3S. The molecule has 88 valence electrons. The SMILES string of the molecule is CCOC(=O)Oc1cc2c(s1)CCN(C)C2. The van der Waals surface area contributed by atoms with Crippen LogP contribution in [0.3, 0.4) is 0 Å². The molecular weight excluding hydrogens is 226 g/mol. The molecule has 0 bridgehead atoms. The van der Waals surface area contributed by atoms with Crippen LogP contribution in [0.2, 0.25) is 0 Å². The zero-order chi connectivity index (χ0) is 11.5. The molecule has 2 rings (SSSR count). The van der Waals surface area contributed by atoms with Crippen molar-refractivity contribution in [3.8, 4) is 5.06 Å². The molecule has 1 aromatic heterocycles. The topological polar surface area (TPSA) is 38.8 Å². The Kier molecular flexibility index (Phi) is 3.46. The molecule has 0 saturated heterocycles. The van der Waals surface area contributed by atoms with Crippen LogP contribution in [-0.2, 0) is 17.7 Å². The van der Waals surface area contributed by atoms with E-state index in [0.717, 1.165) is 19.5 Å². The van der Waals surface area contributed by atoms with Gasteiger partial charge in [-0.15, -0.1) is 11.3 Å². The van der Waals surface area contributed by atoms with Gasteiger partial charge in [0, 0.05) is 18.0 Å². The lowest BCUT2D eigenvalue weighted by Gasteiger charge is -2.21. The third-order valence-corrected chi connectivity index (χ3v) is 3.60. The summed E-state index contributed by atoms with van der Waals surface area (Å²) >= 11 is 1.54. The molecule has 1 aliphatic heterocycles. The number of hydrogen-bond acceptors (Lipinski definition) is 5. The number of fused-ring (bicyclic) bond motifs is 1. The van der Waals surface area contributed by atoms with E-state index in [1.54, 1.807) is 18.3 Å². The number of hydrogen-bond donors (Lipinski definition) is 0. The quantitative estimate of drug-likeness (QED) is 0.745. The van der Waals surface area contributed by atoms with Crippen LogP contribution in [0.5, 0.6) is 5.06 Å². The Bertz CT molecular complexity index is 389. The van der Waals surface area contributed by atoms with Gasteiger partial charge < -0.3 is 14.4 Å². The van der Waals surface area contributed by atoms with Gasteiger partial charge in [0.15, 0.2) is 5.06 Å². The first-order chi connectivity index (χ1) is 7.69. The van der Waals surface area contributed by atoms with E-state index in [1.807, 2.05) is 6.07 Å². The molecule has 0 amide bonds. The van der Waals surface area contributed by atoms with Crippen molar-refractivity contribution in [3.05, 3.63) is 16.5 Å². The molecule has 4 nitrogen and oxygen atoms in total. The van der Waals surface area contributed by atoms with E-state index in [9.17, 15) is 4.79 Å². The van der Waals surface area contributed by atoms with Gasteiger partial charge in [0.05, 0.1) is 6.61 Å². The summed E-state index contributed by atoms with van der Waals surface area (Å²) in [7, 11) is 2.09. The molecule has 0 fully saturated rings. The summed E-state index contributed by atoms with van der Waals surface area (Å²) in [5, 5.41) is 0.638. The molecule has 1 aromatic rings. The molecule has 0 spiro atoms. The highest BCUT2D eigenvalue weighted by Gasteiger charge is 2.18. The number of likely N-dealkylation sites (N-methyl/N-ethyl adjacent to an activating group) is 1. The first-order valence-electron chi connectivity index (χ1n) is 5.33. The Morgan fingerprint density at radius 3 is 3.19 bits per heavy atom. The summed E-state index contributed by atoms with van der Waals surface area (Å²) in [5.41, 5.74) is 1.26. The van der Waals surface area contributed by atoms with Gasteiger partial charge in [-0.3, -0.25) is 0 Å². The van der Waals surface area contributed by atoms with Crippen LogP contribution in [0, 0.1) is 0 Å². The maximum Gasteiger partial charge on any atom is 0.514 e. The third-order valence-electron chi connectivity index (χ3n) is 2.48. The van der Waals surface area contributed by atoms with E-state index in [2.05, 4.69) is 11.9 Å². The summed E-state index contributed by atoms with van der Waals surface area (Å²) in [4.78, 5) is 14.7. The second-order valence-corrected chi connectivity index (χ2v) is 4.89. The predicted octanol–water partition coefficient (Wildman–Crippen LogP) is 2.27. The summed E-state index contributed by atoms with van der Waals surface area (Å²) in [6.07, 6.45) is 0.414. The molecule has 16 heavy (non-hydrogen) atoms. The van der Waals surface area contributed by atoms with Crippen LogP contribution in [0.4, 0.5) is 4.79 Å². The monoisotopic (exact) mass is 241 g/mol. The van der Waals surface area contributed by atoms with Gasteiger partial charge in [-0.2, -0.15) is 0 Å². The Labute approximate surface area is 98.8 Å². The van der Waals surface area contributed by atoms with Gasteiger partial charge in [0.2, 0.25) is 0 Å². The Morgan fingerprint density at radius 2 is 2.44 bits per heavy atom. The third kappa shape index (κ3) is 2.54. The van der Waals surface area contributed by atoms with Crippen molar-refractivity contribution in [2.45, 2.75) is 19.9 Å². The molecule has 0 aliphatic carbocycles. The summed E-state index contributed by atoms with van der Waals surface area (Å²) in [5.74, 6) is 0. The number of ether oxygens (including phenoxy) is 2. The highest BCUT2D eigenvalue weighted by atomic mass is 32.1. The van der Waals surface area contributed by atoms with E-state index in [0.29, 0.717) is 11.7 Å². The fourth-order valence-corrected chi connectivity index (χ4v) is 2.73. The lowest BCUT2D eigenvalue weighted by Crippen LogP contribution is -2.25. The largest absolute Gasteiger partial charge is 0.514 e. The minimum Gasteiger partial charge on any atom is -0.434 e. The molecule has 0 N–H and O–H groups in total. The normalized spacial score (nSPS) is 15.6. The van der Waals surface area contributed by atoms with Crippen molar-refractivity contribution in [2.75, 3.05) is 20.2 Å². The highest BCUT2D eigenvalue weighted by Crippen LogP contribution is 2.33. The van der Waals surface area contributed by atoms with E-state index in [4.69, 9.17) is 9.47 Å². The van der Waals surface area contributed by atoms with Gasteiger partial charge in [0.1, 0.15) is 0 Å². The molecule has 0 atom stereocenters. The van der Waals surface area contributed by atoms with Crippen LogP contribution in [0.25, 0.3) is 0 Å². The fourth-order valence-electron chi connectivity index (χ4n) is 1.73. The number of thiophene rings is 1. The van der Waals surface area contributed by atoms with Crippen molar-refractivity contribution in [1.82, 2.24) is 4.90 Å². The molecule has 0 unspecified atom stereocenters. The standard InChI is InChI=1S/C11H15NO3S/c1-3-14-11(13)15-10-6-8-7-12(2)5-4-9(8)16-10/h6H,3-5,7H2,1-2H3. The van der Waals surface area contributed by atoms with E-state index >= 15 is 0 Å². The average Bonchev–Trinajstić information content (AvgIpc) is 2.59. The lowest BCUT2D eigenvalue weighted by molar-refractivity contribution is 0.105. The van der Waals surface area contributed by atoms with Gasteiger partial charge in [-0.1, -0.05) is 0 Å². The van der Waals surface area contributed by atoms with Crippen molar-refractivity contribution < 1.29 is 14.3 Å². The van der Waals surface area contributed by atoms with Crippen LogP contribution in [0.1, 0.15) is 17.4 Å². The Balaban J connectivity index is 2.04. The van der Waals surface area contributed by atoms with Crippen molar-refractivity contribution in [1.29, 1.82) is 0 Å². The van der Waals surface area contributed by atoms with Gasteiger partial charge in [0.25, 0.3) is 0 Å². The van der Waals surface area contributed by atoms with E-state index in [1.165, 1.54) is 10.4 Å². The molecule has 2 heterocycles. The smallest absolute Gasteiger partial charge is 0.434 e. The minimum absolute atomic E-state index is 0.340. The number of nitrogens with zero attached hydrogens (tertiary/aromatic N) is 1. The first kappa shape index (κ1) is 11.4. The van der Waals surface area contributed by atoms with Crippen LogP contribution in [0.15, 0.2) is 6.07 Å². The molecule has 5 heteroatoms. The van der Waals surface area contributed by atoms with Gasteiger partial charge >= 0.3 is 6.16 Å². The van der Waals surface area contributed by atoms with Crippen LogP contribution < -0.4 is 4.74 Å². The lowest BCUT2D eigenvalue weighted by atomic mass is 10.1. The zero-order valence-electron chi connectivity index (χ0n) is 9.49. The Hall–Kier alpha value is -1.07. The molecule has 1 aliphatic rings. The van der Waals surface area contributed by atoms with Crippen molar-refractivity contribution in [2.24, 2.45) is 0 Å². The maximum absolute atomic E-state index is 11.1.